The van der Waals surface area contributed by atoms with Gasteiger partial charge in [-0.1, -0.05) is 0 Å². The van der Waals surface area contributed by atoms with Gasteiger partial charge in [0.1, 0.15) is 12.1 Å². The summed E-state index contributed by atoms with van der Waals surface area (Å²) < 4.78 is 6.18. The third-order valence-electron chi connectivity index (χ3n) is 3.27. The highest BCUT2D eigenvalue weighted by Crippen LogP contribution is 2.26. The van der Waals surface area contributed by atoms with Gasteiger partial charge < -0.3 is 15.0 Å². The molecule has 5 nitrogen and oxygen atoms in total. The zero-order chi connectivity index (χ0) is 15.4. The van der Waals surface area contributed by atoms with Crippen molar-refractivity contribution in [3.05, 3.63) is 28.2 Å². The summed E-state index contributed by atoms with van der Waals surface area (Å²) in [5.41, 5.74) is 1.49. The molecule has 1 aliphatic rings. The fourth-order valence-corrected chi connectivity index (χ4v) is 2.74. The first kappa shape index (κ1) is 15.8. The van der Waals surface area contributed by atoms with Crippen LogP contribution in [0.25, 0.3) is 0 Å². The summed E-state index contributed by atoms with van der Waals surface area (Å²) in [6, 6.07) is 7.36. The van der Waals surface area contributed by atoms with Crippen LogP contribution in [0.1, 0.15) is 19.4 Å². The van der Waals surface area contributed by atoms with Gasteiger partial charge in [-0.05, 0) is 48.0 Å². The second-order valence-electron chi connectivity index (χ2n) is 5.22. The number of anilines is 1. The molecule has 112 valence electrons. The van der Waals surface area contributed by atoms with Crippen LogP contribution in [-0.4, -0.2) is 37.7 Å². The molecule has 1 aromatic carbocycles. The number of morpholine rings is 1. The van der Waals surface area contributed by atoms with Gasteiger partial charge in [-0.25, -0.2) is 0 Å². The molecule has 2 rings (SSSR count). The smallest absolute Gasteiger partial charge is 0.245 e. The average molecular weight is 352 g/mol. The molecule has 0 spiro atoms. The van der Waals surface area contributed by atoms with Gasteiger partial charge in [-0.3, -0.25) is 4.79 Å². The van der Waals surface area contributed by atoms with Crippen LogP contribution in [0.15, 0.2) is 22.7 Å². The Kier molecular flexibility index (Phi) is 5.21. The van der Waals surface area contributed by atoms with Crippen molar-refractivity contribution in [3.8, 4) is 6.07 Å². The van der Waals surface area contributed by atoms with Crippen molar-refractivity contribution in [2.24, 2.45) is 0 Å². The summed E-state index contributed by atoms with van der Waals surface area (Å²) in [6.07, 6.45) is 0. The SMILES string of the molecule is CC(C)NC(=O)C1COCCN1c1ccc(C#N)c(Br)c1. The van der Waals surface area contributed by atoms with Gasteiger partial charge in [-0.2, -0.15) is 5.26 Å². The number of nitrogens with one attached hydrogen (secondary N) is 1. The molecule has 1 fully saturated rings. The largest absolute Gasteiger partial charge is 0.377 e. The summed E-state index contributed by atoms with van der Waals surface area (Å²) in [5.74, 6) is -0.0369. The number of nitriles is 1. The minimum absolute atomic E-state index is 0.0369. The maximum atomic E-state index is 12.3. The highest BCUT2D eigenvalue weighted by atomic mass is 79.9. The van der Waals surface area contributed by atoms with E-state index in [1.54, 1.807) is 6.07 Å². The van der Waals surface area contributed by atoms with Gasteiger partial charge in [0.15, 0.2) is 0 Å². The van der Waals surface area contributed by atoms with Crippen molar-refractivity contribution in [2.45, 2.75) is 25.9 Å². The zero-order valence-electron chi connectivity index (χ0n) is 12.1. The summed E-state index contributed by atoms with van der Waals surface area (Å²) in [5, 5.41) is 11.9. The maximum absolute atomic E-state index is 12.3. The number of nitrogens with zero attached hydrogens (tertiary/aromatic N) is 2. The predicted molar refractivity (Wildman–Crippen MR) is 84.1 cm³/mol. The Morgan fingerprint density at radius 3 is 2.95 bits per heavy atom. The monoisotopic (exact) mass is 351 g/mol. The van der Waals surface area contributed by atoms with E-state index >= 15 is 0 Å². The number of benzene rings is 1. The van der Waals surface area contributed by atoms with Crippen molar-refractivity contribution in [3.63, 3.8) is 0 Å². The molecule has 21 heavy (non-hydrogen) atoms. The first-order valence-corrected chi connectivity index (χ1v) is 7.66. The van der Waals surface area contributed by atoms with E-state index in [2.05, 4.69) is 27.3 Å². The summed E-state index contributed by atoms with van der Waals surface area (Å²) in [6.45, 7) is 5.47. The molecule has 1 saturated heterocycles. The van der Waals surface area contributed by atoms with Crippen molar-refractivity contribution in [2.75, 3.05) is 24.7 Å². The third kappa shape index (κ3) is 3.74. The van der Waals surface area contributed by atoms with Gasteiger partial charge in [0.25, 0.3) is 0 Å². The number of carbonyl (C=O) groups is 1. The molecule has 1 aromatic rings. The topological polar surface area (TPSA) is 65.4 Å². The van der Waals surface area contributed by atoms with Crippen molar-refractivity contribution in [1.82, 2.24) is 5.32 Å². The lowest BCUT2D eigenvalue weighted by Crippen LogP contribution is -2.55. The molecule has 1 N–H and O–H groups in total. The first-order valence-electron chi connectivity index (χ1n) is 6.87. The van der Waals surface area contributed by atoms with Gasteiger partial charge in [0.05, 0.1) is 18.8 Å². The Bertz CT molecular complexity index is 569. The number of halogens is 1. The van der Waals surface area contributed by atoms with E-state index in [1.165, 1.54) is 0 Å². The highest BCUT2D eigenvalue weighted by molar-refractivity contribution is 9.10. The number of ether oxygens (including phenoxy) is 1. The van der Waals surface area contributed by atoms with Gasteiger partial charge in [-0.15, -0.1) is 0 Å². The number of rotatable bonds is 3. The molecule has 1 aliphatic heterocycles. The molecular formula is C15H18BrN3O2. The number of hydrogen-bond acceptors (Lipinski definition) is 4. The molecule has 0 radical (unpaired) electrons. The fourth-order valence-electron chi connectivity index (χ4n) is 2.28. The van der Waals surface area contributed by atoms with E-state index in [9.17, 15) is 4.79 Å². The summed E-state index contributed by atoms with van der Waals surface area (Å²) in [7, 11) is 0. The predicted octanol–water partition coefficient (Wildman–Crippen LogP) is 2.05. The van der Waals surface area contributed by atoms with Crippen molar-refractivity contribution in [1.29, 1.82) is 5.26 Å². The lowest BCUT2D eigenvalue weighted by atomic mass is 10.1. The molecule has 0 aromatic heterocycles. The molecule has 1 heterocycles. The maximum Gasteiger partial charge on any atom is 0.245 e. The second kappa shape index (κ2) is 6.92. The van der Waals surface area contributed by atoms with Gasteiger partial charge >= 0.3 is 0 Å². The molecule has 6 heteroatoms. The van der Waals surface area contributed by atoms with E-state index in [0.717, 1.165) is 10.2 Å². The number of hydrogen-bond donors (Lipinski definition) is 1. The Morgan fingerprint density at radius 1 is 1.57 bits per heavy atom. The Hall–Kier alpha value is -1.58. The van der Waals surface area contributed by atoms with E-state index in [1.807, 2.05) is 30.9 Å². The molecule has 0 aliphatic carbocycles. The lowest BCUT2D eigenvalue weighted by Gasteiger charge is -2.36. The van der Waals surface area contributed by atoms with Crippen LogP contribution >= 0.6 is 15.9 Å². The minimum atomic E-state index is -0.346. The summed E-state index contributed by atoms with van der Waals surface area (Å²) >= 11 is 3.39. The van der Waals surface area contributed by atoms with Crippen LogP contribution in [0.5, 0.6) is 0 Å². The number of carbonyl (C=O) groups excluding carboxylic acids is 1. The molecule has 1 amide bonds. The van der Waals surface area contributed by atoms with Gasteiger partial charge in [0.2, 0.25) is 5.91 Å². The van der Waals surface area contributed by atoms with Crippen LogP contribution in [0.2, 0.25) is 0 Å². The highest BCUT2D eigenvalue weighted by Gasteiger charge is 2.30. The third-order valence-corrected chi connectivity index (χ3v) is 3.92. The van der Waals surface area contributed by atoms with Gasteiger partial charge in [0, 0.05) is 22.7 Å². The Labute approximate surface area is 133 Å². The van der Waals surface area contributed by atoms with Crippen molar-refractivity contribution < 1.29 is 9.53 Å². The van der Waals surface area contributed by atoms with E-state index in [-0.39, 0.29) is 18.0 Å². The van der Waals surface area contributed by atoms with E-state index < -0.39 is 0 Å². The average Bonchev–Trinajstić information content (AvgIpc) is 2.46. The molecule has 0 saturated carbocycles. The standard InChI is InChI=1S/C15H18BrN3O2/c1-10(2)18-15(20)14-9-21-6-5-19(14)12-4-3-11(8-17)13(16)7-12/h3-4,7,10,14H,5-6,9H2,1-2H3,(H,18,20). The van der Waals surface area contributed by atoms with Crippen LogP contribution < -0.4 is 10.2 Å². The van der Waals surface area contributed by atoms with Crippen LogP contribution in [0.3, 0.4) is 0 Å². The zero-order valence-corrected chi connectivity index (χ0v) is 13.7. The van der Waals surface area contributed by atoms with E-state index in [0.29, 0.717) is 25.3 Å². The second-order valence-corrected chi connectivity index (χ2v) is 6.08. The summed E-state index contributed by atoms with van der Waals surface area (Å²) in [4.78, 5) is 14.3. The number of amides is 1. The van der Waals surface area contributed by atoms with Crippen LogP contribution in [0, 0.1) is 11.3 Å². The minimum Gasteiger partial charge on any atom is -0.377 e. The van der Waals surface area contributed by atoms with Crippen molar-refractivity contribution >= 4 is 27.5 Å². The molecule has 1 atom stereocenters. The molecular weight excluding hydrogens is 334 g/mol. The van der Waals surface area contributed by atoms with Crippen LogP contribution in [-0.2, 0) is 9.53 Å². The quantitative estimate of drug-likeness (QED) is 0.904. The Morgan fingerprint density at radius 2 is 2.33 bits per heavy atom. The molecule has 0 bridgehead atoms. The lowest BCUT2D eigenvalue weighted by molar-refractivity contribution is -0.125. The Balaban J connectivity index is 2.24. The molecule has 1 unspecified atom stereocenters. The normalized spacial score (nSPS) is 18.4. The fraction of sp³-hybridized carbons (Fsp3) is 0.467. The first-order chi connectivity index (χ1) is 10.0. The van der Waals surface area contributed by atoms with E-state index in [4.69, 9.17) is 10.00 Å². The van der Waals surface area contributed by atoms with Crippen LogP contribution in [0.4, 0.5) is 5.69 Å².